The van der Waals surface area contributed by atoms with Gasteiger partial charge in [-0.25, -0.2) is 0 Å². The summed E-state index contributed by atoms with van der Waals surface area (Å²) in [6, 6.07) is 10.8. The molecule has 3 rings (SSSR count). The summed E-state index contributed by atoms with van der Waals surface area (Å²) in [6.07, 6.45) is 1.91. The number of ether oxygens (including phenoxy) is 3. The van der Waals surface area contributed by atoms with Crippen LogP contribution >= 0.6 is 0 Å². The third-order valence-corrected chi connectivity index (χ3v) is 4.92. The molecule has 140 valence electrons. The van der Waals surface area contributed by atoms with Gasteiger partial charge in [-0.2, -0.15) is 0 Å². The van der Waals surface area contributed by atoms with Gasteiger partial charge >= 0.3 is 0 Å². The first-order valence-corrected chi connectivity index (χ1v) is 9.54. The van der Waals surface area contributed by atoms with Gasteiger partial charge in [-0.05, 0) is 61.6 Å². The Morgan fingerprint density at radius 2 is 1.77 bits per heavy atom. The molecule has 0 radical (unpaired) electrons. The van der Waals surface area contributed by atoms with Crippen molar-refractivity contribution < 1.29 is 14.2 Å². The Morgan fingerprint density at radius 3 is 2.46 bits per heavy atom. The molecule has 2 aromatic rings. The van der Waals surface area contributed by atoms with Crippen molar-refractivity contribution >= 4 is 0 Å². The summed E-state index contributed by atoms with van der Waals surface area (Å²) in [6.45, 7) is 8.46. The Bertz CT molecular complexity index is 757. The van der Waals surface area contributed by atoms with Crippen LogP contribution in [0, 0.1) is 0 Å². The molecule has 0 fully saturated rings. The molecule has 0 saturated heterocycles. The van der Waals surface area contributed by atoms with Crippen molar-refractivity contribution in [1.82, 2.24) is 5.32 Å². The van der Waals surface area contributed by atoms with Crippen molar-refractivity contribution in [2.75, 3.05) is 26.9 Å². The molecule has 0 aromatic heterocycles. The fourth-order valence-corrected chi connectivity index (χ4v) is 3.77. The normalized spacial score (nSPS) is 16.1. The van der Waals surface area contributed by atoms with Crippen molar-refractivity contribution in [2.24, 2.45) is 0 Å². The molecule has 0 amide bonds. The molecule has 2 aromatic carbocycles. The molecule has 4 nitrogen and oxygen atoms in total. The summed E-state index contributed by atoms with van der Waals surface area (Å²) in [5, 5.41) is 3.69. The predicted octanol–water partition coefficient (Wildman–Crippen LogP) is 4.29. The van der Waals surface area contributed by atoms with Gasteiger partial charge < -0.3 is 19.5 Å². The van der Waals surface area contributed by atoms with Crippen LogP contribution in [0.5, 0.6) is 17.2 Å². The summed E-state index contributed by atoms with van der Waals surface area (Å²) < 4.78 is 17.2. The van der Waals surface area contributed by atoms with Crippen molar-refractivity contribution in [3.05, 3.63) is 52.6 Å². The Balaban J connectivity index is 2.06. The highest BCUT2D eigenvalue weighted by Crippen LogP contribution is 2.41. The van der Waals surface area contributed by atoms with Crippen LogP contribution in [0.2, 0.25) is 0 Å². The Hall–Kier alpha value is -2.20. The fraction of sp³-hybridized carbons (Fsp3) is 0.455. The van der Waals surface area contributed by atoms with Crippen molar-refractivity contribution in [3.8, 4) is 17.2 Å². The monoisotopic (exact) mass is 355 g/mol. The van der Waals surface area contributed by atoms with Crippen molar-refractivity contribution in [1.29, 1.82) is 0 Å². The molecule has 26 heavy (non-hydrogen) atoms. The highest BCUT2D eigenvalue weighted by Gasteiger charge is 2.27. The third kappa shape index (κ3) is 3.51. The van der Waals surface area contributed by atoms with E-state index in [4.69, 9.17) is 14.2 Å². The third-order valence-electron chi connectivity index (χ3n) is 4.92. The topological polar surface area (TPSA) is 39.7 Å². The van der Waals surface area contributed by atoms with E-state index in [1.165, 1.54) is 22.3 Å². The average Bonchev–Trinajstić information content (AvgIpc) is 2.68. The molecule has 0 bridgehead atoms. The van der Waals surface area contributed by atoms with E-state index < -0.39 is 0 Å². The first kappa shape index (κ1) is 18.6. The number of hydrogen-bond acceptors (Lipinski definition) is 4. The quantitative estimate of drug-likeness (QED) is 0.804. The van der Waals surface area contributed by atoms with Crippen LogP contribution in [0.4, 0.5) is 0 Å². The van der Waals surface area contributed by atoms with E-state index in [9.17, 15) is 0 Å². The summed E-state index contributed by atoms with van der Waals surface area (Å²) in [4.78, 5) is 0. The molecule has 4 heteroatoms. The SMILES string of the molecule is CCOc1ccc(C2NCCc3c2ccc(OC)c3OCC)c(CC)c1. The number of rotatable bonds is 7. The van der Waals surface area contributed by atoms with Gasteiger partial charge in [0.05, 0.1) is 26.4 Å². The Morgan fingerprint density at radius 1 is 1.00 bits per heavy atom. The number of fused-ring (bicyclic) bond motifs is 1. The van der Waals surface area contributed by atoms with E-state index in [2.05, 4.69) is 36.5 Å². The van der Waals surface area contributed by atoms with Crippen molar-refractivity contribution in [2.45, 2.75) is 39.7 Å². The van der Waals surface area contributed by atoms with Gasteiger partial charge in [0.25, 0.3) is 0 Å². The van der Waals surface area contributed by atoms with E-state index in [0.29, 0.717) is 13.2 Å². The van der Waals surface area contributed by atoms with Gasteiger partial charge in [0, 0.05) is 12.1 Å². The predicted molar refractivity (Wildman–Crippen MR) is 105 cm³/mol. The molecule has 1 aliphatic rings. The van der Waals surface area contributed by atoms with Gasteiger partial charge in [0.2, 0.25) is 0 Å². The summed E-state index contributed by atoms with van der Waals surface area (Å²) >= 11 is 0. The summed E-state index contributed by atoms with van der Waals surface area (Å²) in [7, 11) is 1.70. The lowest BCUT2D eigenvalue weighted by Crippen LogP contribution is -2.31. The zero-order valence-electron chi connectivity index (χ0n) is 16.2. The minimum absolute atomic E-state index is 0.162. The molecule has 0 aliphatic carbocycles. The lowest BCUT2D eigenvalue weighted by atomic mass is 9.86. The van der Waals surface area contributed by atoms with E-state index >= 15 is 0 Å². The number of methoxy groups -OCH3 is 1. The minimum Gasteiger partial charge on any atom is -0.494 e. The molecule has 0 spiro atoms. The molecule has 1 unspecified atom stereocenters. The second-order valence-corrected chi connectivity index (χ2v) is 6.38. The molecule has 1 N–H and O–H groups in total. The van der Waals surface area contributed by atoms with Gasteiger partial charge in [-0.3, -0.25) is 0 Å². The molecular formula is C22H29NO3. The molecular weight excluding hydrogens is 326 g/mol. The van der Waals surface area contributed by atoms with Crippen LogP contribution in [0.1, 0.15) is 49.1 Å². The first-order chi connectivity index (χ1) is 12.7. The first-order valence-electron chi connectivity index (χ1n) is 9.54. The zero-order chi connectivity index (χ0) is 18.5. The van der Waals surface area contributed by atoms with E-state index in [1.54, 1.807) is 7.11 Å². The number of aryl methyl sites for hydroxylation is 1. The van der Waals surface area contributed by atoms with Crippen LogP contribution in [-0.2, 0) is 12.8 Å². The van der Waals surface area contributed by atoms with Gasteiger partial charge in [-0.15, -0.1) is 0 Å². The Kier molecular flexibility index (Phi) is 6.04. The van der Waals surface area contributed by atoms with Gasteiger partial charge in [0.15, 0.2) is 11.5 Å². The molecule has 1 aliphatic heterocycles. The second-order valence-electron chi connectivity index (χ2n) is 6.38. The zero-order valence-corrected chi connectivity index (χ0v) is 16.2. The van der Waals surface area contributed by atoms with Gasteiger partial charge in [-0.1, -0.05) is 19.1 Å². The smallest absolute Gasteiger partial charge is 0.164 e. The highest BCUT2D eigenvalue weighted by molar-refractivity contribution is 5.55. The van der Waals surface area contributed by atoms with Gasteiger partial charge in [0.1, 0.15) is 5.75 Å². The standard InChI is InChI=1S/C22H29NO3/c1-5-15-14-16(25-6-2)8-9-17(15)21-18-10-11-20(24-4)22(26-7-3)19(18)12-13-23-21/h8-11,14,21,23H,5-7,12-13H2,1-4H3. The van der Waals surface area contributed by atoms with Crippen LogP contribution in [0.3, 0.4) is 0 Å². The maximum absolute atomic E-state index is 5.95. The molecule has 0 saturated carbocycles. The van der Waals surface area contributed by atoms with E-state index in [0.717, 1.165) is 36.6 Å². The number of nitrogens with one attached hydrogen (secondary N) is 1. The fourth-order valence-electron chi connectivity index (χ4n) is 3.77. The van der Waals surface area contributed by atoms with Crippen LogP contribution in [0.25, 0.3) is 0 Å². The van der Waals surface area contributed by atoms with E-state index in [-0.39, 0.29) is 6.04 Å². The molecule has 1 atom stereocenters. The summed E-state index contributed by atoms with van der Waals surface area (Å²) in [5.41, 5.74) is 5.16. The Labute approximate surface area is 156 Å². The number of benzene rings is 2. The maximum atomic E-state index is 5.95. The lowest BCUT2D eigenvalue weighted by Gasteiger charge is -2.31. The highest BCUT2D eigenvalue weighted by atomic mass is 16.5. The van der Waals surface area contributed by atoms with Crippen LogP contribution in [0.15, 0.2) is 30.3 Å². The van der Waals surface area contributed by atoms with Crippen molar-refractivity contribution in [3.63, 3.8) is 0 Å². The lowest BCUT2D eigenvalue weighted by molar-refractivity contribution is 0.305. The molecule has 1 heterocycles. The van der Waals surface area contributed by atoms with Crippen LogP contribution < -0.4 is 19.5 Å². The minimum atomic E-state index is 0.162. The van der Waals surface area contributed by atoms with Crippen LogP contribution in [-0.4, -0.2) is 26.9 Å². The number of hydrogen-bond donors (Lipinski definition) is 1. The maximum Gasteiger partial charge on any atom is 0.164 e. The largest absolute Gasteiger partial charge is 0.494 e. The van der Waals surface area contributed by atoms with E-state index in [1.807, 2.05) is 19.9 Å². The average molecular weight is 355 g/mol. The second kappa shape index (κ2) is 8.45. The summed E-state index contributed by atoms with van der Waals surface area (Å²) in [5.74, 6) is 2.64.